The van der Waals surface area contributed by atoms with Gasteiger partial charge in [0.1, 0.15) is 40.8 Å². The summed E-state index contributed by atoms with van der Waals surface area (Å²) in [5.41, 5.74) is -0.810. The van der Waals surface area contributed by atoms with E-state index in [-0.39, 0.29) is 39.5 Å². The van der Waals surface area contributed by atoms with Crippen molar-refractivity contribution in [2.24, 2.45) is 0 Å². The van der Waals surface area contributed by atoms with Crippen LogP contribution in [0.3, 0.4) is 0 Å². The van der Waals surface area contributed by atoms with Crippen molar-refractivity contribution in [1.29, 1.82) is 0 Å². The highest BCUT2D eigenvalue weighted by Crippen LogP contribution is 2.39. The molecule has 4 atom stereocenters. The van der Waals surface area contributed by atoms with Crippen molar-refractivity contribution in [3.63, 3.8) is 0 Å². The van der Waals surface area contributed by atoms with Crippen molar-refractivity contribution in [1.82, 2.24) is 0 Å². The summed E-state index contributed by atoms with van der Waals surface area (Å²) in [7, 11) is 1.32. The van der Waals surface area contributed by atoms with Crippen LogP contribution < -0.4 is 14.9 Å². The molecular formula is C21H20O11. The Kier molecular flexibility index (Phi) is 5.57. The number of rotatable bonds is 5. The van der Waals surface area contributed by atoms with Crippen molar-refractivity contribution < 1.29 is 49.3 Å². The molecular weight excluding hydrogens is 428 g/mol. The van der Waals surface area contributed by atoms with Crippen LogP contribution in [0.5, 0.6) is 28.7 Å². The highest BCUT2D eigenvalue weighted by Gasteiger charge is 2.44. The Morgan fingerprint density at radius 1 is 1.03 bits per heavy atom. The van der Waals surface area contributed by atoms with E-state index in [9.17, 15) is 35.4 Å². The van der Waals surface area contributed by atoms with Gasteiger partial charge in [0.05, 0.1) is 13.7 Å². The van der Waals surface area contributed by atoms with E-state index < -0.39 is 48.1 Å². The zero-order chi connectivity index (χ0) is 23.2. The number of aliphatic hydroxyl groups is 3. The van der Waals surface area contributed by atoms with E-state index in [1.54, 1.807) is 0 Å². The van der Waals surface area contributed by atoms with E-state index in [0.717, 1.165) is 12.1 Å². The summed E-state index contributed by atoms with van der Waals surface area (Å²) in [5.74, 6) is -1.73. The van der Waals surface area contributed by atoms with Crippen LogP contribution in [-0.4, -0.2) is 69.0 Å². The quantitative estimate of drug-likeness (QED) is 0.318. The molecule has 32 heavy (non-hydrogen) atoms. The summed E-state index contributed by atoms with van der Waals surface area (Å²) in [5, 5.41) is 59.0. The van der Waals surface area contributed by atoms with E-state index in [2.05, 4.69) is 0 Å². The molecule has 11 heteroatoms. The van der Waals surface area contributed by atoms with Gasteiger partial charge in [-0.3, -0.25) is 4.79 Å². The van der Waals surface area contributed by atoms with Gasteiger partial charge >= 0.3 is 0 Å². The molecule has 2 aromatic carbocycles. The first-order chi connectivity index (χ1) is 15.2. The second-order valence-corrected chi connectivity index (χ2v) is 7.14. The molecule has 0 bridgehead atoms. The van der Waals surface area contributed by atoms with Gasteiger partial charge in [0, 0.05) is 17.7 Å². The van der Waals surface area contributed by atoms with Gasteiger partial charge in [-0.15, -0.1) is 0 Å². The van der Waals surface area contributed by atoms with Crippen LogP contribution in [0, 0.1) is 0 Å². The van der Waals surface area contributed by atoms with Crippen LogP contribution in [0.4, 0.5) is 0 Å². The predicted molar refractivity (Wildman–Crippen MR) is 108 cm³/mol. The van der Waals surface area contributed by atoms with E-state index in [1.165, 1.54) is 25.3 Å². The van der Waals surface area contributed by atoms with Crippen molar-refractivity contribution in [2.45, 2.75) is 24.6 Å². The Labute approximate surface area is 179 Å². The molecule has 0 radical (unpaired) electrons. The predicted octanol–water partition coefficient (Wildman–Crippen LogP) is 0.403. The fourth-order valence-electron chi connectivity index (χ4n) is 3.46. The van der Waals surface area contributed by atoms with E-state index >= 15 is 0 Å². The largest absolute Gasteiger partial charge is 0.508 e. The Morgan fingerprint density at radius 3 is 2.44 bits per heavy atom. The zero-order valence-electron chi connectivity index (χ0n) is 16.6. The summed E-state index contributed by atoms with van der Waals surface area (Å²) in [4.78, 5) is 13.2. The topological polar surface area (TPSA) is 179 Å². The normalized spacial score (nSPS) is 22.9. The fourth-order valence-corrected chi connectivity index (χ4v) is 3.46. The van der Waals surface area contributed by atoms with Crippen LogP contribution >= 0.6 is 0 Å². The van der Waals surface area contributed by atoms with Gasteiger partial charge in [0.2, 0.25) is 17.5 Å². The van der Waals surface area contributed by atoms with Crippen molar-refractivity contribution in [2.75, 3.05) is 13.7 Å². The van der Waals surface area contributed by atoms with Crippen molar-refractivity contribution >= 4 is 11.0 Å². The molecule has 4 rings (SSSR count). The summed E-state index contributed by atoms with van der Waals surface area (Å²) in [6.07, 6.45) is -5.76. The Morgan fingerprint density at radius 2 is 1.78 bits per heavy atom. The lowest BCUT2D eigenvalue weighted by atomic mass is 10.1. The molecule has 0 saturated carbocycles. The van der Waals surface area contributed by atoms with Crippen LogP contribution in [0.2, 0.25) is 0 Å². The van der Waals surface area contributed by atoms with Gasteiger partial charge < -0.3 is 49.3 Å². The number of methoxy groups -OCH3 is 1. The van der Waals surface area contributed by atoms with Gasteiger partial charge in [0.25, 0.3) is 0 Å². The number of ether oxygens (including phenoxy) is 3. The minimum atomic E-state index is -1.60. The van der Waals surface area contributed by atoms with Gasteiger partial charge in [-0.1, -0.05) is 0 Å². The molecule has 170 valence electrons. The third-order valence-corrected chi connectivity index (χ3v) is 5.09. The average Bonchev–Trinajstić information content (AvgIpc) is 3.03. The molecule has 2 heterocycles. The van der Waals surface area contributed by atoms with Gasteiger partial charge in [-0.2, -0.15) is 0 Å². The van der Waals surface area contributed by atoms with E-state index in [4.69, 9.17) is 18.6 Å². The fraction of sp³-hybridized carbons (Fsp3) is 0.286. The first-order valence-electron chi connectivity index (χ1n) is 9.44. The number of fused-ring (bicyclic) bond motifs is 1. The summed E-state index contributed by atoms with van der Waals surface area (Å²) in [6.45, 7) is -0.605. The smallest absolute Gasteiger partial charge is 0.239 e. The molecule has 3 aromatic rings. The maximum absolute atomic E-state index is 13.2. The first kappa shape index (κ1) is 21.7. The maximum Gasteiger partial charge on any atom is 0.239 e. The van der Waals surface area contributed by atoms with Crippen LogP contribution in [0.15, 0.2) is 39.5 Å². The lowest BCUT2D eigenvalue weighted by Crippen LogP contribution is -2.36. The molecule has 1 fully saturated rings. The molecule has 1 aromatic heterocycles. The van der Waals surface area contributed by atoms with Crippen molar-refractivity contribution in [3.8, 4) is 40.1 Å². The highest BCUT2D eigenvalue weighted by molar-refractivity contribution is 5.88. The lowest BCUT2D eigenvalue weighted by molar-refractivity contribution is -0.117. The highest BCUT2D eigenvalue weighted by atomic mass is 16.7. The van der Waals surface area contributed by atoms with Crippen LogP contribution in [0.25, 0.3) is 22.3 Å². The lowest BCUT2D eigenvalue weighted by Gasteiger charge is -2.19. The minimum absolute atomic E-state index is 0.0582. The Bertz CT molecular complexity index is 1220. The number of benzene rings is 2. The molecule has 6 N–H and O–H groups in total. The molecule has 0 amide bonds. The number of aromatic hydroxyl groups is 3. The van der Waals surface area contributed by atoms with Crippen molar-refractivity contribution in [3.05, 3.63) is 40.6 Å². The molecule has 11 nitrogen and oxygen atoms in total. The number of hydrogen-bond acceptors (Lipinski definition) is 11. The second-order valence-electron chi connectivity index (χ2n) is 7.14. The molecule has 1 aliphatic rings. The van der Waals surface area contributed by atoms with E-state index in [1.807, 2.05) is 0 Å². The number of aliphatic hydroxyl groups excluding tert-OH is 3. The van der Waals surface area contributed by atoms with Gasteiger partial charge in [-0.25, -0.2) is 0 Å². The summed E-state index contributed by atoms with van der Waals surface area (Å²) >= 11 is 0. The Hall–Kier alpha value is -3.51. The second kappa shape index (κ2) is 8.20. The van der Waals surface area contributed by atoms with Crippen LogP contribution in [-0.2, 0) is 4.74 Å². The number of phenols is 3. The van der Waals surface area contributed by atoms with E-state index in [0.29, 0.717) is 0 Å². The average molecular weight is 448 g/mol. The molecule has 0 spiro atoms. The van der Waals surface area contributed by atoms with Gasteiger partial charge in [-0.05, 0) is 18.2 Å². The SMILES string of the molecule is COc1cc(-c2oc3cc(O)cc(O)c3c(=O)c2O[C@@H]2O[C@@H](CO)[C@@H](O)[C@H]2O)ccc1O. The summed E-state index contributed by atoms with van der Waals surface area (Å²) in [6, 6.07) is 6.10. The van der Waals surface area contributed by atoms with Gasteiger partial charge in [0.15, 0.2) is 17.3 Å². The monoisotopic (exact) mass is 448 g/mol. The minimum Gasteiger partial charge on any atom is -0.508 e. The standard InChI is InChI=1S/C21H20O11/c1-29-12-4-8(2-3-10(12)24)19-20(32-21-18(28)16(26)14(7-22)31-21)17(27)15-11(25)5-9(23)6-13(15)30-19/h2-6,14,16,18,21-26,28H,7H2,1H3/t14-,16+,18+,21-/m0/s1. The third-order valence-electron chi connectivity index (χ3n) is 5.09. The molecule has 0 unspecified atom stereocenters. The Balaban J connectivity index is 1.93. The molecule has 1 aliphatic heterocycles. The maximum atomic E-state index is 13.2. The third kappa shape index (κ3) is 3.56. The summed E-state index contributed by atoms with van der Waals surface area (Å²) < 4.78 is 21.7. The van der Waals surface area contributed by atoms with Crippen LogP contribution in [0.1, 0.15) is 0 Å². The zero-order valence-corrected chi connectivity index (χ0v) is 16.6. The molecule has 0 aliphatic carbocycles. The molecule has 1 saturated heterocycles. The number of hydrogen-bond donors (Lipinski definition) is 6. The number of phenolic OH excluding ortho intramolecular Hbond substituents is 3. The first-order valence-corrected chi connectivity index (χ1v) is 9.44.